The quantitative estimate of drug-likeness (QED) is 0.389. The van der Waals surface area contributed by atoms with Crippen molar-refractivity contribution in [3.63, 3.8) is 0 Å². The van der Waals surface area contributed by atoms with Crippen molar-refractivity contribution in [3.8, 4) is 5.75 Å². The van der Waals surface area contributed by atoms with E-state index in [0.717, 1.165) is 43.0 Å². The van der Waals surface area contributed by atoms with Crippen molar-refractivity contribution in [2.75, 3.05) is 13.7 Å². The maximum atomic E-state index is 12.4. The summed E-state index contributed by atoms with van der Waals surface area (Å²) in [6, 6.07) is 19.1. The van der Waals surface area contributed by atoms with E-state index in [4.69, 9.17) is 9.47 Å². The predicted molar refractivity (Wildman–Crippen MR) is 151 cm³/mol. The van der Waals surface area contributed by atoms with Crippen molar-refractivity contribution in [3.05, 3.63) is 65.7 Å². The zero-order chi connectivity index (χ0) is 26.3. The Kier molecular flexibility index (Phi) is 7.05. The third-order valence-electron chi connectivity index (χ3n) is 11.5. The van der Waals surface area contributed by atoms with Gasteiger partial charge in [0.1, 0.15) is 12.4 Å². The van der Waals surface area contributed by atoms with Crippen molar-refractivity contribution in [2.24, 2.45) is 34.5 Å². The van der Waals surface area contributed by atoms with Crippen molar-refractivity contribution < 1.29 is 14.3 Å². The number of amides is 1. The molecule has 38 heavy (non-hydrogen) atoms. The lowest BCUT2D eigenvalue weighted by molar-refractivity contribution is -0.159. The number of ether oxygens (including phenoxy) is 2. The number of nitrogens with zero attached hydrogens (tertiary/aromatic N) is 1. The first-order chi connectivity index (χ1) is 18.4. The van der Waals surface area contributed by atoms with Crippen LogP contribution in [0.1, 0.15) is 76.3 Å². The van der Waals surface area contributed by atoms with Crippen molar-refractivity contribution >= 4 is 5.91 Å². The molecule has 1 aliphatic heterocycles. The second kappa shape index (κ2) is 10.3. The molecule has 3 aliphatic carbocycles. The molecule has 6 rings (SSSR count). The van der Waals surface area contributed by atoms with Gasteiger partial charge in [-0.05, 0) is 103 Å². The summed E-state index contributed by atoms with van der Waals surface area (Å²) in [5.41, 5.74) is 3.09. The monoisotopic (exact) mass is 515 g/mol. The number of piperidine rings is 1. The molecule has 4 nitrogen and oxygen atoms in total. The molecule has 1 heterocycles. The molecule has 4 fully saturated rings. The molecule has 0 aromatic heterocycles. The van der Waals surface area contributed by atoms with Gasteiger partial charge in [-0.1, -0.05) is 56.3 Å². The molecule has 7 atom stereocenters. The van der Waals surface area contributed by atoms with Crippen LogP contribution in [0.15, 0.2) is 54.6 Å². The topological polar surface area (TPSA) is 38.8 Å². The van der Waals surface area contributed by atoms with Crippen LogP contribution in [0.4, 0.5) is 0 Å². The Labute approximate surface area is 229 Å². The van der Waals surface area contributed by atoms with Gasteiger partial charge in [0.25, 0.3) is 0 Å². The lowest BCUT2D eigenvalue weighted by Crippen LogP contribution is -2.61. The first-order valence-electron chi connectivity index (χ1n) is 15.0. The highest BCUT2D eigenvalue weighted by molar-refractivity contribution is 5.77. The van der Waals surface area contributed by atoms with E-state index >= 15 is 0 Å². The summed E-state index contributed by atoms with van der Waals surface area (Å²) in [5.74, 6) is 4.33. The number of benzene rings is 2. The number of carbonyl (C=O) groups is 1. The third-order valence-corrected chi connectivity index (χ3v) is 11.5. The minimum absolute atomic E-state index is 0.304. The molecular weight excluding hydrogens is 470 g/mol. The van der Waals surface area contributed by atoms with Gasteiger partial charge in [-0.15, -0.1) is 0 Å². The Morgan fingerprint density at radius 3 is 2.34 bits per heavy atom. The summed E-state index contributed by atoms with van der Waals surface area (Å²) in [7, 11) is 2.06. The average Bonchev–Trinajstić information content (AvgIpc) is 3.27. The lowest BCUT2D eigenvalue weighted by atomic mass is 9.47. The fourth-order valence-electron chi connectivity index (χ4n) is 9.27. The van der Waals surface area contributed by atoms with E-state index < -0.39 is 0 Å². The first kappa shape index (κ1) is 25.9. The number of likely N-dealkylation sites (tertiary alicyclic amines) is 1. The van der Waals surface area contributed by atoms with Gasteiger partial charge in [0, 0.05) is 19.5 Å². The molecule has 4 heteroatoms. The highest BCUT2D eigenvalue weighted by Crippen LogP contribution is 2.66. The maximum Gasteiger partial charge on any atom is 0.222 e. The number of rotatable bonds is 7. The molecule has 2 aromatic rings. The highest BCUT2D eigenvalue weighted by Gasteiger charge is 2.61. The molecule has 1 saturated heterocycles. The van der Waals surface area contributed by atoms with Crippen LogP contribution < -0.4 is 4.74 Å². The molecule has 0 bridgehead atoms. The van der Waals surface area contributed by atoms with Crippen LogP contribution in [0.5, 0.6) is 5.75 Å². The number of carbonyl (C=O) groups excluding carboxylic acids is 1. The van der Waals surface area contributed by atoms with E-state index in [9.17, 15) is 4.79 Å². The molecule has 0 N–H and O–H groups in total. The van der Waals surface area contributed by atoms with Crippen LogP contribution in [0.25, 0.3) is 0 Å². The van der Waals surface area contributed by atoms with E-state index in [1.807, 2.05) is 18.2 Å². The molecule has 2 aromatic carbocycles. The largest absolute Gasteiger partial charge is 0.489 e. The van der Waals surface area contributed by atoms with E-state index in [0.29, 0.717) is 41.9 Å². The third kappa shape index (κ3) is 4.57. The predicted octanol–water partition coefficient (Wildman–Crippen LogP) is 7.26. The second-order valence-corrected chi connectivity index (χ2v) is 13.2. The van der Waals surface area contributed by atoms with Gasteiger partial charge in [-0.3, -0.25) is 4.79 Å². The fourth-order valence-corrected chi connectivity index (χ4v) is 9.27. The first-order valence-corrected chi connectivity index (χ1v) is 15.0. The molecule has 204 valence electrons. The van der Waals surface area contributed by atoms with Crippen molar-refractivity contribution in [2.45, 2.75) is 84.5 Å². The van der Waals surface area contributed by atoms with Crippen LogP contribution in [0.3, 0.4) is 0 Å². The van der Waals surface area contributed by atoms with Crippen LogP contribution in [0.2, 0.25) is 0 Å². The molecule has 0 spiro atoms. The Morgan fingerprint density at radius 1 is 0.816 bits per heavy atom. The molecule has 3 saturated carbocycles. The van der Waals surface area contributed by atoms with Gasteiger partial charge in [0.2, 0.25) is 5.91 Å². The summed E-state index contributed by atoms with van der Waals surface area (Å²) in [5, 5.41) is 0. The Morgan fingerprint density at radius 2 is 1.55 bits per heavy atom. The Hall–Kier alpha value is -2.33. The summed E-state index contributed by atoms with van der Waals surface area (Å²) in [6.45, 7) is 7.23. The standard InChI is InChI=1S/C34H45NO3/c1-33-19-17-30-28(14-16-31-34(30,2)20-18-32(36)35(31)3)29(33)15-11-26(33)23-37-21-25-9-12-27(13-10-25)38-22-24-7-5-4-6-8-24/h4-10,12-13,26,28-31H,11,14-23H2,1-3H3/t26?,28-,29-,30+,31?,33+,34+/m0/s1. The van der Waals surface area contributed by atoms with E-state index in [1.54, 1.807) is 0 Å². The van der Waals surface area contributed by atoms with Gasteiger partial charge in [-0.25, -0.2) is 0 Å². The molecule has 1 amide bonds. The smallest absolute Gasteiger partial charge is 0.222 e. The maximum absolute atomic E-state index is 12.4. The summed E-state index contributed by atoms with van der Waals surface area (Å²) in [6.07, 6.45) is 9.63. The van der Waals surface area contributed by atoms with E-state index in [-0.39, 0.29) is 0 Å². The number of hydrogen-bond donors (Lipinski definition) is 0. The number of fused-ring (bicyclic) bond motifs is 5. The molecule has 0 radical (unpaired) electrons. The van der Waals surface area contributed by atoms with Gasteiger partial charge in [0.15, 0.2) is 0 Å². The fraction of sp³-hybridized carbons (Fsp3) is 0.618. The lowest BCUT2D eigenvalue weighted by Gasteiger charge is -2.61. The second-order valence-electron chi connectivity index (χ2n) is 13.2. The molecular formula is C34H45NO3. The SMILES string of the molecule is CN1C(=O)CC[C@@]2(C)C1CC[C@@H]1[C@H]2CC[C@]2(C)C(COCc3ccc(OCc4ccccc4)cc3)CC[C@@H]12. The van der Waals surface area contributed by atoms with Gasteiger partial charge >= 0.3 is 0 Å². The van der Waals surface area contributed by atoms with Crippen LogP contribution >= 0.6 is 0 Å². The summed E-state index contributed by atoms with van der Waals surface area (Å²) in [4.78, 5) is 14.5. The van der Waals surface area contributed by atoms with Crippen LogP contribution in [-0.2, 0) is 22.7 Å². The van der Waals surface area contributed by atoms with Crippen LogP contribution in [-0.4, -0.2) is 30.5 Å². The summed E-state index contributed by atoms with van der Waals surface area (Å²) >= 11 is 0. The van der Waals surface area contributed by atoms with E-state index in [1.165, 1.54) is 49.7 Å². The minimum atomic E-state index is 0.304. The average molecular weight is 516 g/mol. The minimum Gasteiger partial charge on any atom is -0.489 e. The Balaban J connectivity index is 1.03. The van der Waals surface area contributed by atoms with Crippen molar-refractivity contribution in [1.29, 1.82) is 0 Å². The van der Waals surface area contributed by atoms with Gasteiger partial charge in [0.05, 0.1) is 13.2 Å². The normalized spacial score (nSPS) is 36.3. The molecule has 2 unspecified atom stereocenters. The molecule has 4 aliphatic rings. The van der Waals surface area contributed by atoms with Gasteiger partial charge in [-0.2, -0.15) is 0 Å². The van der Waals surface area contributed by atoms with Gasteiger partial charge < -0.3 is 14.4 Å². The highest BCUT2D eigenvalue weighted by atomic mass is 16.5. The van der Waals surface area contributed by atoms with Crippen LogP contribution in [0, 0.1) is 34.5 Å². The number of hydrogen-bond acceptors (Lipinski definition) is 3. The zero-order valence-electron chi connectivity index (χ0n) is 23.5. The Bertz CT molecular complexity index is 1120. The summed E-state index contributed by atoms with van der Waals surface area (Å²) < 4.78 is 12.3. The van der Waals surface area contributed by atoms with E-state index in [2.05, 4.69) is 62.2 Å². The van der Waals surface area contributed by atoms with Crippen molar-refractivity contribution in [1.82, 2.24) is 4.90 Å². The zero-order valence-corrected chi connectivity index (χ0v) is 23.5.